The number of carbonyl (C=O) groups excluding carboxylic acids is 1. The number of rotatable bonds is 4. The number of aryl methyl sites for hydroxylation is 1. The number of carboxylic acid groups (broad SMARTS) is 1. The Bertz CT molecular complexity index is 706. The molecule has 0 saturated carbocycles. The third-order valence-electron chi connectivity index (χ3n) is 3.13. The second-order valence-electron chi connectivity index (χ2n) is 4.58. The fourth-order valence-electron chi connectivity index (χ4n) is 1.96. The fraction of sp³-hybridized carbons (Fsp3) is 0.200. The van der Waals surface area contributed by atoms with Crippen molar-refractivity contribution < 1.29 is 19.1 Å². The smallest absolute Gasteiger partial charge is 0.339 e. The van der Waals surface area contributed by atoms with Crippen molar-refractivity contribution >= 4 is 27.8 Å². The van der Waals surface area contributed by atoms with Gasteiger partial charge in [-0.1, -0.05) is 22.0 Å². The maximum absolute atomic E-state index is 12.1. The second-order valence-corrected chi connectivity index (χ2v) is 5.44. The molecule has 0 radical (unpaired) electrons. The van der Waals surface area contributed by atoms with Gasteiger partial charge in [0.2, 0.25) is 0 Å². The van der Waals surface area contributed by atoms with E-state index in [0.29, 0.717) is 17.1 Å². The number of carbonyl (C=O) groups is 2. The van der Waals surface area contributed by atoms with Crippen LogP contribution in [0.15, 0.2) is 33.2 Å². The van der Waals surface area contributed by atoms with E-state index >= 15 is 0 Å². The first-order valence-electron chi connectivity index (χ1n) is 6.26. The van der Waals surface area contributed by atoms with Gasteiger partial charge in [0.25, 0.3) is 5.91 Å². The average Bonchev–Trinajstić information content (AvgIpc) is 2.80. The summed E-state index contributed by atoms with van der Waals surface area (Å²) in [6.07, 6.45) is 0. The van der Waals surface area contributed by atoms with Crippen molar-refractivity contribution in [2.24, 2.45) is 0 Å². The third kappa shape index (κ3) is 3.33. The van der Waals surface area contributed by atoms with Gasteiger partial charge in [-0.05, 0) is 37.6 Å². The Morgan fingerprint density at radius 1 is 1.29 bits per heavy atom. The summed E-state index contributed by atoms with van der Waals surface area (Å²) in [5, 5.41) is 11.7. The minimum atomic E-state index is -1.04. The number of hydrogen-bond donors (Lipinski definition) is 2. The Hall–Kier alpha value is -2.08. The Labute approximate surface area is 130 Å². The molecule has 1 amide bonds. The summed E-state index contributed by atoms with van der Waals surface area (Å²) in [7, 11) is 0. The van der Waals surface area contributed by atoms with E-state index in [1.165, 1.54) is 6.07 Å². The van der Waals surface area contributed by atoms with Gasteiger partial charge >= 0.3 is 5.97 Å². The molecule has 1 heterocycles. The van der Waals surface area contributed by atoms with Crippen molar-refractivity contribution in [3.05, 3.63) is 56.9 Å². The number of hydrogen-bond acceptors (Lipinski definition) is 3. The van der Waals surface area contributed by atoms with Crippen LogP contribution >= 0.6 is 15.9 Å². The summed E-state index contributed by atoms with van der Waals surface area (Å²) in [5.74, 6) is -0.548. The van der Waals surface area contributed by atoms with Crippen molar-refractivity contribution in [1.29, 1.82) is 0 Å². The molecule has 0 unspecified atom stereocenters. The van der Waals surface area contributed by atoms with Gasteiger partial charge in [0.15, 0.2) is 0 Å². The largest absolute Gasteiger partial charge is 0.478 e. The summed E-state index contributed by atoms with van der Waals surface area (Å²) in [6.45, 7) is 3.56. The van der Waals surface area contributed by atoms with Crippen LogP contribution in [0.2, 0.25) is 0 Å². The van der Waals surface area contributed by atoms with E-state index in [4.69, 9.17) is 9.52 Å². The summed E-state index contributed by atoms with van der Waals surface area (Å²) in [6, 6.07) is 6.80. The number of halogens is 1. The second kappa shape index (κ2) is 6.13. The van der Waals surface area contributed by atoms with E-state index in [-0.39, 0.29) is 18.0 Å². The van der Waals surface area contributed by atoms with Crippen LogP contribution in [0.25, 0.3) is 0 Å². The van der Waals surface area contributed by atoms with Crippen LogP contribution in [0.4, 0.5) is 0 Å². The Morgan fingerprint density at radius 3 is 2.62 bits per heavy atom. The normalized spacial score (nSPS) is 10.4. The standard InChI is InChI=1S/C15H14BrNO4/c1-8-11(4-3-5-13(8)16)14(18)17-7-10-6-12(15(19)20)9(2)21-10/h3-6H,7H2,1-2H3,(H,17,18)(H,19,20). The molecular formula is C15H14BrNO4. The van der Waals surface area contributed by atoms with Crippen LogP contribution in [0.1, 0.15) is 37.8 Å². The topological polar surface area (TPSA) is 79.5 Å². The number of aromatic carboxylic acids is 1. The quantitative estimate of drug-likeness (QED) is 0.885. The molecule has 0 aliphatic rings. The van der Waals surface area contributed by atoms with E-state index in [0.717, 1.165) is 10.0 Å². The molecule has 0 atom stereocenters. The molecule has 5 nitrogen and oxygen atoms in total. The summed E-state index contributed by atoms with van der Waals surface area (Å²) in [5.41, 5.74) is 1.51. The van der Waals surface area contributed by atoms with Gasteiger partial charge in [-0.3, -0.25) is 4.79 Å². The summed E-state index contributed by atoms with van der Waals surface area (Å²) < 4.78 is 6.17. The maximum Gasteiger partial charge on any atom is 0.339 e. The lowest BCUT2D eigenvalue weighted by molar-refractivity contribution is 0.0694. The van der Waals surface area contributed by atoms with Gasteiger partial charge in [0.1, 0.15) is 17.1 Å². The van der Waals surface area contributed by atoms with Crippen molar-refractivity contribution in [1.82, 2.24) is 5.32 Å². The zero-order chi connectivity index (χ0) is 15.6. The minimum Gasteiger partial charge on any atom is -0.478 e. The number of benzene rings is 1. The van der Waals surface area contributed by atoms with E-state index in [2.05, 4.69) is 21.2 Å². The zero-order valence-corrected chi connectivity index (χ0v) is 13.2. The SMILES string of the molecule is Cc1oc(CNC(=O)c2cccc(Br)c2C)cc1C(=O)O. The summed E-state index contributed by atoms with van der Waals surface area (Å²) in [4.78, 5) is 23.1. The highest BCUT2D eigenvalue weighted by Crippen LogP contribution is 2.19. The molecule has 110 valence electrons. The fourth-order valence-corrected chi connectivity index (χ4v) is 2.33. The first-order chi connectivity index (χ1) is 9.90. The molecule has 2 N–H and O–H groups in total. The first-order valence-corrected chi connectivity index (χ1v) is 7.05. The van der Waals surface area contributed by atoms with Crippen LogP contribution in [0.3, 0.4) is 0 Å². The molecule has 1 aromatic heterocycles. The predicted octanol–water partition coefficient (Wildman–Crippen LogP) is 3.29. The van der Waals surface area contributed by atoms with Crippen LogP contribution in [0, 0.1) is 13.8 Å². The van der Waals surface area contributed by atoms with Gasteiger partial charge in [-0.2, -0.15) is 0 Å². The van der Waals surface area contributed by atoms with Gasteiger partial charge in [0.05, 0.1) is 6.54 Å². The summed E-state index contributed by atoms with van der Waals surface area (Å²) >= 11 is 3.38. The van der Waals surface area contributed by atoms with Crippen LogP contribution in [0.5, 0.6) is 0 Å². The Kier molecular flexibility index (Phi) is 4.47. The highest BCUT2D eigenvalue weighted by atomic mass is 79.9. The minimum absolute atomic E-state index is 0.109. The van der Waals surface area contributed by atoms with Crippen LogP contribution in [-0.2, 0) is 6.54 Å². The van der Waals surface area contributed by atoms with Gasteiger partial charge in [0, 0.05) is 10.0 Å². The molecular weight excluding hydrogens is 338 g/mol. The molecule has 6 heteroatoms. The highest BCUT2D eigenvalue weighted by Gasteiger charge is 2.15. The van der Waals surface area contributed by atoms with E-state index in [1.54, 1.807) is 19.1 Å². The molecule has 1 aromatic carbocycles. The third-order valence-corrected chi connectivity index (χ3v) is 3.99. The van der Waals surface area contributed by atoms with Crippen molar-refractivity contribution in [3.8, 4) is 0 Å². The predicted molar refractivity (Wildman–Crippen MR) is 80.5 cm³/mol. The van der Waals surface area contributed by atoms with Gasteiger partial charge < -0.3 is 14.8 Å². The molecule has 0 fully saturated rings. The molecule has 2 aromatic rings. The Morgan fingerprint density at radius 2 is 2.00 bits per heavy atom. The van der Waals surface area contributed by atoms with Gasteiger partial charge in [-0.25, -0.2) is 4.79 Å². The molecule has 0 saturated heterocycles. The van der Waals surface area contributed by atoms with Crippen molar-refractivity contribution in [2.45, 2.75) is 20.4 Å². The van der Waals surface area contributed by atoms with E-state index < -0.39 is 5.97 Å². The number of carboxylic acids is 1. The number of furan rings is 1. The van der Waals surface area contributed by atoms with Crippen molar-refractivity contribution in [3.63, 3.8) is 0 Å². The van der Waals surface area contributed by atoms with Crippen molar-refractivity contribution in [2.75, 3.05) is 0 Å². The van der Waals surface area contributed by atoms with E-state index in [1.807, 2.05) is 13.0 Å². The lowest BCUT2D eigenvalue weighted by atomic mass is 10.1. The monoisotopic (exact) mass is 351 g/mol. The Balaban J connectivity index is 2.09. The molecule has 2 rings (SSSR count). The lowest BCUT2D eigenvalue weighted by Gasteiger charge is -2.07. The van der Waals surface area contributed by atoms with Crippen LogP contribution < -0.4 is 5.32 Å². The molecule has 0 aliphatic heterocycles. The first kappa shape index (κ1) is 15.3. The number of nitrogens with one attached hydrogen (secondary N) is 1. The van der Waals surface area contributed by atoms with Gasteiger partial charge in [-0.15, -0.1) is 0 Å². The number of amides is 1. The molecule has 21 heavy (non-hydrogen) atoms. The zero-order valence-electron chi connectivity index (χ0n) is 11.6. The molecule has 0 bridgehead atoms. The molecule has 0 spiro atoms. The van der Waals surface area contributed by atoms with E-state index in [9.17, 15) is 9.59 Å². The van der Waals surface area contributed by atoms with Crippen LogP contribution in [-0.4, -0.2) is 17.0 Å². The highest BCUT2D eigenvalue weighted by molar-refractivity contribution is 9.10. The maximum atomic E-state index is 12.1. The molecule has 0 aliphatic carbocycles. The average molecular weight is 352 g/mol. The lowest BCUT2D eigenvalue weighted by Crippen LogP contribution is -2.23.